The fraction of sp³-hybridized carbons (Fsp3) is 0.333. The van der Waals surface area contributed by atoms with Crippen molar-refractivity contribution in [2.24, 2.45) is 0 Å². The molecule has 0 heterocycles. The monoisotopic (exact) mass is 167 g/mol. The van der Waals surface area contributed by atoms with E-state index < -0.39 is 0 Å². The van der Waals surface area contributed by atoms with Gasteiger partial charge in [-0.05, 0) is 18.6 Å². The molecule has 0 aliphatic carbocycles. The molecule has 1 aromatic rings. The summed E-state index contributed by atoms with van der Waals surface area (Å²) in [6, 6.07) is 9.63. The molecule has 0 fully saturated rings. The molecule has 1 aromatic carbocycles. The smallest absolute Gasteiger partial charge is 0.119 e. The first kappa shape index (κ1) is 9.03. The predicted molar refractivity (Wildman–Crippen MR) is 46.3 cm³/mol. The highest BCUT2D eigenvalue weighted by atomic mass is 16.5. The molecule has 0 atom stereocenters. The maximum absolute atomic E-state index is 8.26. The highest BCUT2D eigenvalue weighted by Gasteiger charge is 1.89. The van der Waals surface area contributed by atoms with Crippen molar-refractivity contribution in [2.75, 3.05) is 13.2 Å². The Morgan fingerprint density at radius 1 is 1.25 bits per heavy atom. The van der Waals surface area contributed by atoms with Gasteiger partial charge < -0.3 is 9.94 Å². The molecule has 0 radical (unpaired) electrons. The number of hydrogen-bond donors (Lipinski definition) is 2. The highest BCUT2D eigenvalue weighted by Crippen LogP contribution is 2.07. The first-order chi connectivity index (χ1) is 5.93. The number of benzene rings is 1. The van der Waals surface area contributed by atoms with Crippen LogP contribution < -0.4 is 10.2 Å². The molecule has 3 heteroatoms. The summed E-state index contributed by atoms with van der Waals surface area (Å²) in [7, 11) is 0. The van der Waals surface area contributed by atoms with Crippen LogP contribution in [0.4, 0.5) is 0 Å². The second kappa shape index (κ2) is 5.57. The Labute approximate surface area is 71.9 Å². The molecule has 3 nitrogen and oxygen atoms in total. The molecular weight excluding hydrogens is 154 g/mol. The van der Waals surface area contributed by atoms with Gasteiger partial charge in [0.2, 0.25) is 0 Å². The molecule has 0 aliphatic heterocycles. The third-order valence-corrected chi connectivity index (χ3v) is 1.44. The van der Waals surface area contributed by atoms with Gasteiger partial charge in [0.05, 0.1) is 6.61 Å². The molecule has 0 aromatic heterocycles. The van der Waals surface area contributed by atoms with Crippen LogP contribution in [0.1, 0.15) is 6.42 Å². The SMILES string of the molecule is ONCCCOc1ccccc1. The van der Waals surface area contributed by atoms with E-state index >= 15 is 0 Å². The summed E-state index contributed by atoms with van der Waals surface area (Å²) in [5, 5.41) is 8.26. The summed E-state index contributed by atoms with van der Waals surface area (Å²) in [6.45, 7) is 1.18. The van der Waals surface area contributed by atoms with Gasteiger partial charge in [0.15, 0.2) is 0 Å². The van der Waals surface area contributed by atoms with E-state index in [0.717, 1.165) is 12.2 Å². The average Bonchev–Trinajstić information content (AvgIpc) is 2.14. The van der Waals surface area contributed by atoms with Gasteiger partial charge in [0.25, 0.3) is 0 Å². The van der Waals surface area contributed by atoms with Gasteiger partial charge in [-0.1, -0.05) is 18.2 Å². The van der Waals surface area contributed by atoms with E-state index in [0.29, 0.717) is 13.2 Å². The fourth-order valence-corrected chi connectivity index (χ4v) is 0.858. The van der Waals surface area contributed by atoms with Crippen molar-refractivity contribution < 1.29 is 9.94 Å². The lowest BCUT2D eigenvalue weighted by Gasteiger charge is -2.04. The number of nitrogens with one attached hydrogen (secondary N) is 1. The van der Waals surface area contributed by atoms with Crippen LogP contribution in [0.2, 0.25) is 0 Å². The largest absolute Gasteiger partial charge is 0.494 e. The summed E-state index contributed by atoms with van der Waals surface area (Å²) in [5.74, 6) is 0.871. The quantitative estimate of drug-likeness (QED) is 0.515. The van der Waals surface area contributed by atoms with E-state index in [9.17, 15) is 0 Å². The minimum Gasteiger partial charge on any atom is -0.494 e. The third kappa shape index (κ3) is 3.37. The maximum Gasteiger partial charge on any atom is 0.119 e. The number of ether oxygens (including phenoxy) is 1. The molecule has 0 saturated carbocycles. The number of rotatable bonds is 5. The van der Waals surface area contributed by atoms with Crippen molar-refractivity contribution in [1.29, 1.82) is 0 Å². The van der Waals surface area contributed by atoms with Crippen molar-refractivity contribution in [2.45, 2.75) is 6.42 Å². The lowest BCUT2D eigenvalue weighted by atomic mass is 10.3. The van der Waals surface area contributed by atoms with E-state index in [-0.39, 0.29) is 0 Å². The van der Waals surface area contributed by atoms with Gasteiger partial charge in [-0.3, -0.25) is 0 Å². The van der Waals surface area contributed by atoms with Crippen LogP contribution in [-0.4, -0.2) is 18.4 Å². The molecule has 0 aliphatic rings. The first-order valence-electron chi connectivity index (χ1n) is 3.98. The van der Waals surface area contributed by atoms with Crippen molar-refractivity contribution in [1.82, 2.24) is 5.48 Å². The van der Waals surface area contributed by atoms with Crippen LogP contribution in [0.15, 0.2) is 30.3 Å². The van der Waals surface area contributed by atoms with Gasteiger partial charge in [-0.2, -0.15) is 0 Å². The highest BCUT2D eigenvalue weighted by molar-refractivity contribution is 5.20. The number of hydroxylamine groups is 1. The van der Waals surface area contributed by atoms with E-state index in [1.54, 1.807) is 0 Å². The standard InChI is InChI=1S/C9H13NO2/c11-10-7-4-8-12-9-5-2-1-3-6-9/h1-3,5-6,10-11H,4,7-8H2. The van der Waals surface area contributed by atoms with Gasteiger partial charge in [0.1, 0.15) is 5.75 Å². The predicted octanol–water partition coefficient (Wildman–Crippen LogP) is 1.43. The van der Waals surface area contributed by atoms with E-state index in [1.165, 1.54) is 0 Å². The van der Waals surface area contributed by atoms with E-state index in [1.807, 2.05) is 30.3 Å². The van der Waals surface area contributed by atoms with Crippen LogP contribution in [0.5, 0.6) is 5.75 Å². The summed E-state index contributed by atoms with van der Waals surface area (Å²) >= 11 is 0. The van der Waals surface area contributed by atoms with Crippen LogP contribution in [-0.2, 0) is 0 Å². The van der Waals surface area contributed by atoms with Crippen molar-refractivity contribution in [3.8, 4) is 5.75 Å². The molecule has 66 valence electrons. The Morgan fingerprint density at radius 3 is 2.67 bits per heavy atom. The molecule has 0 amide bonds. The Kier molecular flexibility index (Phi) is 4.19. The topological polar surface area (TPSA) is 41.5 Å². The number of hydrogen-bond acceptors (Lipinski definition) is 3. The van der Waals surface area contributed by atoms with Crippen LogP contribution >= 0.6 is 0 Å². The van der Waals surface area contributed by atoms with Crippen LogP contribution in [0, 0.1) is 0 Å². The number of para-hydroxylation sites is 1. The molecule has 12 heavy (non-hydrogen) atoms. The summed E-state index contributed by atoms with van der Waals surface area (Å²) < 4.78 is 5.36. The average molecular weight is 167 g/mol. The van der Waals surface area contributed by atoms with Crippen LogP contribution in [0.3, 0.4) is 0 Å². The summed E-state index contributed by atoms with van der Waals surface area (Å²) in [6.07, 6.45) is 0.797. The fourth-order valence-electron chi connectivity index (χ4n) is 0.858. The minimum absolute atomic E-state index is 0.562. The van der Waals surface area contributed by atoms with E-state index in [2.05, 4.69) is 5.48 Å². The molecule has 0 saturated heterocycles. The molecular formula is C9H13NO2. The lowest BCUT2D eigenvalue weighted by Crippen LogP contribution is -2.12. The van der Waals surface area contributed by atoms with Gasteiger partial charge in [-0.15, -0.1) is 0 Å². The minimum atomic E-state index is 0.562. The Bertz CT molecular complexity index is 201. The zero-order valence-electron chi connectivity index (χ0n) is 6.86. The molecule has 0 spiro atoms. The second-order valence-electron chi connectivity index (χ2n) is 2.42. The first-order valence-corrected chi connectivity index (χ1v) is 3.98. The zero-order valence-corrected chi connectivity index (χ0v) is 6.86. The molecule has 1 rings (SSSR count). The van der Waals surface area contributed by atoms with Gasteiger partial charge >= 0.3 is 0 Å². The van der Waals surface area contributed by atoms with Crippen molar-refractivity contribution in [3.63, 3.8) is 0 Å². The van der Waals surface area contributed by atoms with Crippen molar-refractivity contribution in [3.05, 3.63) is 30.3 Å². The normalized spacial score (nSPS) is 9.75. The third-order valence-electron chi connectivity index (χ3n) is 1.44. The molecule has 0 bridgehead atoms. The molecule has 2 N–H and O–H groups in total. The Morgan fingerprint density at radius 2 is 2.00 bits per heavy atom. The second-order valence-corrected chi connectivity index (χ2v) is 2.42. The van der Waals surface area contributed by atoms with Crippen molar-refractivity contribution >= 4 is 0 Å². The summed E-state index contributed by atoms with van der Waals surface area (Å²) in [4.78, 5) is 0. The zero-order chi connectivity index (χ0) is 8.65. The van der Waals surface area contributed by atoms with E-state index in [4.69, 9.17) is 9.94 Å². The Hall–Kier alpha value is -1.06. The maximum atomic E-state index is 8.26. The lowest BCUT2D eigenvalue weighted by molar-refractivity contribution is 0.157. The van der Waals surface area contributed by atoms with Gasteiger partial charge in [-0.25, -0.2) is 5.48 Å². The van der Waals surface area contributed by atoms with Gasteiger partial charge in [0, 0.05) is 6.54 Å². The summed E-state index contributed by atoms with van der Waals surface area (Å²) in [5.41, 5.74) is 2.07. The Balaban J connectivity index is 2.16. The van der Waals surface area contributed by atoms with Crippen LogP contribution in [0.25, 0.3) is 0 Å². The molecule has 0 unspecified atom stereocenters.